The summed E-state index contributed by atoms with van der Waals surface area (Å²) in [5.41, 5.74) is 3.07. The summed E-state index contributed by atoms with van der Waals surface area (Å²) in [5, 5.41) is 2.99. The number of hydrogen-bond acceptors (Lipinski definition) is 5. The lowest BCUT2D eigenvalue weighted by Gasteiger charge is -2.33. The fourth-order valence-corrected chi connectivity index (χ4v) is 5.14. The van der Waals surface area contributed by atoms with Gasteiger partial charge in [-0.05, 0) is 88.4 Å². The fourth-order valence-electron chi connectivity index (χ4n) is 4.18. The lowest BCUT2D eigenvalue weighted by Crippen LogP contribution is -2.53. The van der Waals surface area contributed by atoms with Gasteiger partial charge >= 0.3 is 0 Å². The van der Waals surface area contributed by atoms with Gasteiger partial charge in [-0.2, -0.15) is 0 Å². The molecule has 0 unspecified atom stereocenters. The van der Waals surface area contributed by atoms with Crippen LogP contribution in [-0.2, 0) is 26.2 Å². The number of hydrogen-bond donors (Lipinski definition) is 1. The first-order valence-corrected chi connectivity index (χ1v) is 14.8. The number of carbonyl (C=O) groups is 2. The Hall–Kier alpha value is -3.07. The van der Waals surface area contributed by atoms with Crippen LogP contribution in [-0.4, -0.2) is 56.6 Å². The van der Waals surface area contributed by atoms with Gasteiger partial charge in [0.1, 0.15) is 11.8 Å². The zero-order valence-electron chi connectivity index (χ0n) is 24.0. The number of aryl methyl sites for hydroxylation is 2. The van der Waals surface area contributed by atoms with E-state index >= 15 is 0 Å². The molecule has 0 aliphatic rings. The summed E-state index contributed by atoms with van der Waals surface area (Å²) in [7, 11) is -1.95. The van der Waals surface area contributed by atoms with Crippen LogP contribution in [0.4, 0.5) is 5.69 Å². The molecule has 0 fully saturated rings. The van der Waals surface area contributed by atoms with Crippen LogP contribution < -0.4 is 14.4 Å². The molecule has 1 atom stereocenters. The van der Waals surface area contributed by atoms with Crippen molar-refractivity contribution in [3.05, 3.63) is 59.2 Å². The van der Waals surface area contributed by atoms with Crippen molar-refractivity contribution >= 4 is 27.5 Å². The first-order chi connectivity index (χ1) is 17.7. The second-order valence-electron chi connectivity index (χ2n) is 10.7. The molecule has 2 aromatic carbocycles. The van der Waals surface area contributed by atoms with Gasteiger partial charge in [-0.3, -0.25) is 13.9 Å². The van der Waals surface area contributed by atoms with E-state index in [0.717, 1.165) is 16.7 Å². The quantitative estimate of drug-likeness (QED) is 0.421. The Labute approximate surface area is 228 Å². The number of nitrogens with one attached hydrogen (secondary N) is 1. The lowest BCUT2D eigenvalue weighted by molar-refractivity contribution is -0.142. The zero-order chi connectivity index (χ0) is 28.7. The molecule has 9 heteroatoms. The van der Waals surface area contributed by atoms with Gasteiger partial charge in [0.15, 0.2) is 0 Å². The summed E-state index contributed by atoms with van der Waals surface area (Å²) in [4.78, 5) is 28.3. The maximum atomic E-state index is 13.6. The molecule has 2 aromatic rings. The predicted octanol–water partition coefficient (Wildman–Crippen LogP) is 4.58. The highest BCUT2D eigenvalue weighted by Crippen LogP contribution is 2.23. The summed E-state index contributed by atoms with van der Waals surface area (Å²) >= 11 is 0. The van der Waals surface area contributed by atoms with E-state index in [4.69, 9.17) is 4.74 Å². The lowest BCUT2D eigenvalue weighted by atomic mass is 10.0. The third-order valence-electron chi connectivity index (χ3n) is 6.33. The summed E-state index contributed by atoms with van der Waals surface area (Å²) in [5.74, 6) is 0.288. The van der Waals surface area contributed by atoms with Gasteiger partial charge in [-0.1, -0.05) is 25.1 Å². The molecule has 0 saturated carbocycles. The number of ether oxygens (including phenoxy) is 1. The van der Waals surface area contributed by atoms with Crippen LogP contribution >= 0.6 is 0 Å². The second-order valence-corrected chi connectivity index (χ2v) is 12.6. The normalized spacial score (nSPS) is 12.5. The number of benzene rings is 2. The Balaban J connectivity index is 2.26. The average Bonchev–Trinajstić information content (AvgIpc) is 2.82. The molecule has 2 rings (SSSR count). The second kappa shape index (κ2) is 13.1. The first kappa shape index (κ1) is 31.1. The topological polar surface area (TPSA) is 96.0 Å². The van der Waals surface area contributed by atoms with Crippen LogP contribution in [0.1, 0.15) is 63.6 Å². The summed E-state index contributed by atoms with van der Waals surface area (Å²) in [6.45, 7) is 11.9. The summed E-state index contributed by atoms with van der Waals surface area (Å²) in [6, 6.07) is 12.3. The van der Waals surface area contributed by atoms with E-state index in [1.807, 2.05) is 77.9 Å². The van der Waals surface area contributed by atoms with E-state index in [9.17, 15) is 18.0 Å². The van der Waals surface area contributed by atoms with Crippen molar-refractivity contribution in [1.82, 2.24) is 10.2 Å². The molecule has 2 amide bonds. The minimum Gasteiger partial charge on any atom is -0.497 e. The maximum absolute atomic E-state index is 13.6. The van der Waals surface area contributed by atoms with Gasteiger partial charge in [0.05, 0.1) is 19.1 Å². The molecule has 0 aliphatic heterocycles. The highest BCUT2D eigenvalue weighted by atomic mass is 32.2. The number of amides is 2. The molecule has 0 aliphatic carbocycles. The summed E-state index contributed by atoms with van der Waals surface area (Å²) in [6.07, 6.45) is 2.04. The Bertz CT molecular complexity index is 1200. The minimum atomic E-state index is -3.54. The van der Waals surface area contributed by atoms with Gasteiger partial charge in [0.2, 0.25) is 21.8 Å². The third kappa shape index (κ3) is 9.04. The molecule has 8 nitrogen and oxygen atoms in total. The largest absolute Gasteiger partial charge is 0.497 e. The third-order valence-corrected chi connectivity index (χ3v) is 7.52. The van der Waals surface area contributed by atoms with E-state index in [-0.39, 0.29) is 31.3 Å². The predicted molar refractivity (Wildman–Crippen MR) is 153 cm³/mol. The monoisotopic (exact) mass is 545 g/mol. The SMILES string of the molecule is CC[C@H](C(=O)NC(C)(C)C)N(Cc1ccc(OC)cc1)C(=O)CCCN(c1ccc(C)c(C)c1)S(C)(=O)=O. The molecule has 0 heterocycles. The van der Waals surface area contributed by atoms with Crippen molar-refractivity contribution in [2.45, 2.75) is 78.9 Å². The van der Waals surface area contributed by atoms with Crippen LogP contribution in [0.2, 0.25) is 0 Å². The van der Waals surface area contributed by atoms with Crippen molar-refractivity contribution in [2.24, 2.45) is 0 Å². The standard InChI is InChI=1S/C29H43N3O5S/c1-9-26(28(34)30-29(4,5)6)31(20-23-13-16-25(37-7)17-14-23)27(33)11-10-18-32(38(8,35)36)24-15-12-21(2)22(3)19-24/h12-17,19,26H,9-11,18,20H2,1-8H3,(H,30,34)/t26-/m1/s1. The van der Waals surface area contributed by atoms with Crippen LogP contribution in [0.25, 0.3) is 0 Å². The highest BCUT2D eigenvalue weighted by molar-refractivity contribution is 7.92. The molecule has 0 bridgehead atoms. The first-order valence-electron chi connectivity index (χ1n) is 13.0. The molecule has 0 saturated heterocycles. The summed E-state index contributed by atoms with van der Waals surface area (Å²) < 4.78 is 31.7. The molecular formula is C29H43N3O5S. The Morgan fingerprint density at radius 2 is 1.66 bits per heavy atom. The number of sulfonamides is 1. The van der Waals surface area contributed by atoms with Crippen LogP contribution in [0.5, 0.6) is 5.75 Å². The van der Waals surface area contributed by atoms with E-state index in [1.165, 1.54) is 10.6 Å². The van der Waals surface area contributed by atoms with Gasteiger partial charge in [0.25, 0.3) is 0 Å². The van der Waals surface area contributed by atoms with Crippen LogP contribution in [0.3, 0.4) is 0 Å². The average molecular weight is 546 g/mol. The smallest absolute Gasteiger partial charge is 0.243 e. The molecular weight excluding hydrogens is 502 g/mol. The Kier molecular flexibility index (Phi) is 10.8. The van der Waals surface area contributed by atoms with E-state index in [2.05, 4.69) is 5.32 Å². The van der Waals surface area contributed by atoms with Crippen LogP contribution in [0.15, 0.2) is 42.5 Å². The van der Waals surface area contributed by atoms with Gasteiger partial charge in [-0.25, -0.2) is 8.42 Å². The van der Waals surface area contributed by atoms with Crippen molar-refractivity contribution in [3.8, 4) is 5.75 Å². The minimum absolute atomic E-state index is 0.103. The fraction of sp³-hybridized carbons (Fsp3) is 0.517. The van der Waals surface area contributed by atoms with Crippen molar-refractivity contribution in [3.63, 3.8) is 0 Å². The molecule has 210 valence electrons. The zero-order valence-corrected chi connectivity index (χ0v) is 24.8. The molecule has 38 heavy (non-hydrogen) atoms. The van der Waals surface area contributed by atoms with E-state index in [1.54, 1.807) is 18.1 Å². The Morgan fingerprint density at radius 3 is 2.16 bits per heavy atom. The number of nitrogens with zero attached hydrogens (tertiary/aromatic N) is 2. The van der Waals surface area contributed by atoms with Gasteiger partial charge in [-0.15, -0.1) is 0 Å². The van der Waals surface area contributed by atoms with Crippen LogP contribution in [0, 0.1) is 13.8 Å². The van der Waals surface area contributed by atoms with Crippen molar-refractivity contribution in [2.75, 3.05) is 24.2 Å². The maximum Gasteiger partial charge on any atom is 0.243 e. The van der Waals surface area contributed by atoms with Crippen molar-refractivity contribution in [1.29, 1.82) is 0 Å². The number of methoxy groups -OCH3 is 1. The van der Waals surface area contributed by atoms with E-state index < -0.39 is 21.6 Å². The number of rotatable bonds is 12. The number of anilines is 1. The van der Waals surface area contributed by atoms with Gasteiger partial charge < -0.3 is 15.0 Å². The molecule has 0 aromatic heterocycles. The Morgan fingerprint density at radius 1 is 1.03 bits per heavy atom. The molecule has 0 radical (unpaired) electrons. The molecule has 1 N–H and O–H groups in total. The van der Waals surface area contributed by atoms with E-state index in [0.29, 0.717) is 24.3 Å². The number of carbonyl (C=O) groups excluding carboxylic acids is 2. The van der Waals surface area contributed by atoms with Gasteiger partial charge in [0, 0.05) is 25.0 Å². The molecule has 0 spiro atoms. The van der Waals surface area contributed by atoms with Crippen molar-refractivity contribution < 1.29 is 22.7 Å². The highest BCUT2D eigenvalue weighted by Gasteiger charge is 2.30.